The first kappa shape index (κ1) is 22.1. The van der Waals surface area contributed by atoms with Crippen LogP contribution < -0.4 is 20.1 Å². The van der Waals surface area contributed by atoms with Crippen LogP contribution in [0.25, 0.3) is 11.3 Å². The minimum Gasteiger partial charge on any atom is -0.494 e. The zero-order valence-corrected chi connectivity index (χ0v) is 18.1. The van der Waals surface area contributed by atoms with Gasteiger partial charge in [-0.1, -0.05) is 26.0 Å². The van der Waals surface area contributed by atoms with Gasteiger partial charge in [0, 0.05) is 17.3 Å². The molecule has 3 aromatic rings. The van der Waals surface area contributed by atoms with E-state index >= 15 is 0 Å². The Labute approximate surface area is 182 Å². The molecule has 0 spiro atoms. The highest BCUT2D eigenvalue weighted by atomic mass is 16.5. The summed E-state index contributed by atoms with van der Waals surface area (Å²) in [6.07, 6.45) is 0. The monoisotopic (exact) mass is 420 g/mol. The van der Waals surface area contributed by atoms with Crippen molar-refractivity contribution in [2.45, 2.75) is 26.7 Å². The van der Waals surface area contributed by atoms with Crippen LogP contribution in [0.5, 0.6) is 11.6 Å². The molecule has 0 fully saturated rings. The second-order valence-electron chi connectivity index (χ2n) is 7.22. The summed E-state index contributed by atoms with van der Waals surface area (Å²) in [4.78, 5) is 12.0. The summed E-state index contributed by atoms with van der Waals surface area (Å²) in [5.41, 5.74) is 3.67. The molecule has 0 saturated carbocycles. The molecule has 2 amide bonds. The second-order valence-corrected chi connectivity index (χ2v) is 7.22. The maximum absolute atomic E-state index is 12.0. The normalized spacial score (nSPS) is 10.6. The van der Waals surface area contributed by atoms with Crippen LogP contribution in [-0.4, -0.2) is 36.0 Å². The summed E-state index contributed by atoms with van der Waals surface area (Å²) in [7, 11) is 0. The van der Waals surface area contributed by atoms with Crippen LogP contribution in [0, 0.1) is 0 Å². The average Bonchev–Trinajstić information content (AvgIpc) is 2.78. The SMILES string of the molecule is CCOc1ccc(-c2ccc(OCCNC(=O)Nc3ccc(C(C)C)cc3)nn2)cc1. The molecule has 0 bridgehead atoms. The molecular weight excluding hydrogens is 392 g/mol. The summed E-state index contributed by atoms with van der Waals surface area (Å²) >= 11 is 0. The zero-order chi connectivity index (χ0) is 22.1. The molecule has 1 heterocycles. The first-order valence-corrected chi connectivity index (χ1v) is 10.4. The molecule has 7 heteroatoms. The number of aromatic nitrogens is 2. The molecule has 0 aliphatic carbocycles. The Hall–Kier alpha value is -3.61. The van der Waals surface area contributed by atoms with E-state index in [-0.39, 0.29) is 12.6 Å². The van der Waals surface area contributed by atoms with Gasteiger partial charge in [0.05, 0.1) is 18.8 Å². The third-order valence-corrected chi connectivity index (χ3v) is 4.57. The number of hydrogen-bond acceptors (Lipinski definition) is 5. The Bertz CT molecular complexity index is 956. The van der Waals surface area contributed by atoms with Gasteiger partial charge in [0.2, 0.25) is 5.88 Å². The van der Waals surface area contributed by atoms with Crippen molar-refractivity contribution in [1.82, 2.24) is 15.5 Å². The standard InChI is InChI=1S/C24H28N4O3/c1-4-30-21-11-7-19(8-12-21)22-13-14-23(28-27-22)31-16-15-25-24(29)26-20-9-5-18(6-10-20)17(2)3/h5-14,17H,4,15-16H2,1-3H3,(H2,25,26,29). The molecular formula is C24H28N4O3. The van der Waals surface area contributed by atoms with Crippen molar-refractivity contribution in [3.05, 3.63) is 66.2 Å². The van der Waals surface area contributed by atoms with Crippen molar-refractivity contribution < 1.29 is 14.3 Å². The van der Waals surface area contributed by atoms with Crippen molar-refractivity contribution in [3.63, 3.8) is 0 Å². The third-order valence-electron chi connectivity index (χ3n) is 4.57. The predicted octanol–water partition coefficient (Wildman–Crippen LogP) is 4.87. The minimum absolute atomic E-state index is 0.280. The Morgan fingerprint density at radius 1 is 0.935 bits per heavy atom. The van der Waals surface area contributed by atoms with Crippen LogP contribution >= 0.6 is 0 Å². The van der Waals surface area contributed by atoms with Gasteiger partial charge >= 0.3 is 6.03 Å². The molecule has 0 aliphatic heterocycles. The molecule has 1 aromatic heterocycles. The number of benzene rings is 2. The van der Waals surface area contributed by atoms with Crippen molar-refractivity contribution in [1.29, 1.82) is 0 Å². The average molecular weight is 421 g/mol. The highest BCUT2D eigenvalue weighted by Gasteiger charge is 2.05. The van der Waals surface area contributed by atoms with Crippen molar-refractivity contribution in [2.24, 2.45) is 0 Å². The lowest BCUT2D eigenvalue weighted by Crippen LogP contribution is -2.32. The smallest absolute Gasteiger partial charge is 0.319 e. The number of ether oxygens (including phenoxy) is 2. The lowest BCUT2D eigenvalue weighted by atomic mass is 10.0. The van der Waals surface area contributed by atoms with E-state index in [0.717, 1.165) is 22.7 Å². The number of anilines is 1. The van der Waals surface area contributed by atoms with Gasteiger partial charge in [0.15, 0.2) is 0 Å². The predicted molar refractivity (Wildman–Crippen MR) is 122 cm³/mol. The van der Waals surface area contributed by atoms with Crippen molar-refractivity contribution in [2.75, 3.05) is 25.1 Å². The molecule has 2 N–H and O–H groups in total. The second kappa shape index (κ2) is 11.0. The Balaban J connectivity index is 1.40. The summed E-state index contributed by atoms with van der Waals surface area (Å²) in [6, 6.07) is 18.8. The Morgan fingerprint density at radius 3 is 2.29 bits per heavy atom. The van der Waals surface area contributed by atoms with Gasteiger partial charge in [-0.2, -0.15) is 0 Å². The van der Waals surface area contributed by atoms with Crippen LogP contribution in [0.15, 0.2) is 60.7 Å². The number of amides is 2. The van der Waals surface area contributed by atoms with E-state index in [1.807, 2.05) is 61.5 Å². The largest absolute Gasteiger partial charge is 0.494 e. The molecule has 0 unspecified atom stereocenters. The lowest BCUT2D eigenvalue weighted by molar-refractivity contribution is 0.246. The molecule has 31 heavy (non-hydrogen) atoms. The van der Waals surface area contributed by atoms with E-state index in [1.165, 1.54) is 5.56 Å². The van der Waals surface area contributed by atoms with Gasteiger partial charge in [-0.05, 0) is 60.9 Å². The van der Waals surface area contributed by atoms with Crippen LogP contribution in [0.1, 0.15) is 32.3 Å². The summed E-state index contributed by atoms with van der Waals surface area (Å²) < 4.78 is 11.0. The highest BCUT2D eigenvalue weighted by molar-refractivity contribution is 5.89. The van der Waals surface area contributed by atoms with E-state index in [9.17, 15) is 4.79 Å². The molecule has 0 aliphatic rings. The number of nitrogens with zero attached hydrogens (tertiary/aromatic N) is 2. The molecule has 0 saturated heterocycles. The van der Waals surface area contributed by atoms with Gasteiger partial charge in [0.25, 0.3) is 0 Å². The fourth-order valence-electron chi connectivity index (χ4n) is 2.89. The topological polar surface area (TPSA) is 85.4 Å². The third kappa shape index (κ3) is 6.70. The van der Waals surface area contributed by atoms with Gasteiger partial charge in [0.1, 0.15) is 12.4 Å². The fourth-order valence-corrected chi connectivity index (χ4v) is 2.89. The number of hydrogen-bond donors (Lipinski definition) is 2. The van der Waals surface area contributed by atoms with E-state index < -0.39 is 0 Å². The Morgan fingerprint density at radius 2 is 1.68 bits per heavy atom. The van der Waals surface area contributed by atoms with E-state index in [0.29, 0.717) is 24.9 Å². The van der Waals surface area contributed by atoms with Gasteiger partial charge in [-0.3, -0.25) is 0 Å². The number of carbonyl (C=O) groups is 1. The van der Waals surface area contributed by atoms with Crippen LogP contribution in [0.2, 0.25) is 0 Å². The highest BCUT2D eigenvalue weighted by Crippen LogP contribution is 2.21. The summed E-state index contributed by atoms with van der Waals surface area (Å²) in [6.45, 7) is 7.48. The van der Waals surface area contributed by atoms with Crippen molar-refractivity contribution >= 4 is 11.7 Å². The van der Waals surface area contributed by atoms with Gasteiger partial charge < -0.3 is 20.1 Å². The van der Waals surface area contributed by atoms with E-state index in [4.69, 9.17) is 9.47 Å². The zero-order valence-electron chi connectivity index (χ0n) is 18.1. The molecule has 0 radical (unpaired) electrons. The molecule has 2 aromatic carbocycles. The maximum Gasteiger partial charge on any atom is 0.319 e. The first-order valence-electron chi connectivity index (χ1n) is 10.4. The number of nitrogens with one attached hydrogen (secondary N) is 2. The quantitative estimate of drug-likeness (QED) is 0.483. The lowest BCUT2D eigenvalue weighted by Gasteiger charge is -2.10. The molecule has 0 atom stereocenters. The van der Waals surface area contributed by atoms with Crippen LogP contribution in [0.3, 0.4) is 0 Å². The number of urea groups is 1. The summed E-state index contributed by atoms with van der Waals surface area (Å²) in [5.74, 6) is 1.68. The molecule has 3 rings (SSSR count). The van der Waals surface area contributed by atoms with Gasteiger partial charge in [-0.25, -0.2) is 4.79 Å². The Kier molecular flexibility index (Phi) is 7.81. The fraction of sp³-hybridized carbons (Fsp3) is 0.292. The van der Waals surface area contributed by atoms with Gasteiger partial charge in [-0.15, -0.1) is 10.2 Å². The minimum atomic E-state index is -0.280. The maximum atomic E-state index is 12.0. The van der Waals surface area contributed by atoms with Crippen LogP contribution in [-0.2, 0) is 0 Å². The number of carbonyl (C=O) groups excluding carboxylic acids is 1. The van der Waals surface area contributed by atoms with Crippen LogP contribution in [0.4, 0.5) is 10.5 Å². The first-order chi connectivity index (χ1) is 15.0. The summed E-state index contributed by atoms with van der Waals surface area (Å²) in [5, 5.41) is 13.8. The molecule has 7 nitrogen and oxygen atoms in total. The van der Waals surface area contributed by atoms with E-state index in [1.54, 1.807) is 6.07 Å². The number of rotatable bonds is 9. The molecule has 162 valence electrons. The van der Waals surface area contributed by atoms with Crippen molar-refractivity contribution in [3.8, 4) is 22.9 Å². The van der Waals surface area contributed by atoms with E-state index in [2.05, 4.69) is 34.7 Å².